The highest BCUT2D eigenvalue weighted by atomic mass is 32.2. The average molecular weight is 490 g/mol. The fourth-order valence-corrected chi connectivity index (χ4v) is 5.52. The van der Waals surface area contributed by atoms with Gasteiger partial charge in [0.2, 0.25) is 21.8 Å². The Bertz CT molecular complexity index is 1080. The van der Waals surface area contributed by atoms with Gasteiger partial charge in [-0.05, 0) is 48.6 Å². The van der Waals surface area contributed by atoms with Crippen LogP contribution in [-0.4, -0.2) is 43.7 Å². The molecule has 0 aromatic heterocycles. The van der Waals surface area contributed by atoms with Gasteiger partial charge in [0, 0.05) is 19.6 Å². The maximum absolute atomic E-state index is 13.2. The number of nitrogens with one attached hydrogen (secondary N) is 2. The summed E-state index contributed by atoms with van der Waals surface area (Å²) >= 11 is 0. The van der Waals surface area contributed by atoms with E-state index in [1.807, 2.05) is 44.2 Å². The fourth-order valence-electron chi connectivity index (χ4n) is 4.00. The van der Waals surface area contributed by atoms with Crippen molar-refractivity contribution in [2.24, 2.45) is 11.8 Å². The Hall–Kier alpha value is -2.78. The molecule has 1 saturated heterocycles. The van der Waals surface area contributed by atoms with E-state index in [9.17, 15) is 22.4 Å². The number of amides is 2. The minimum absolute atomic E-state index is 0.00673. The van der Waals surface area contributed by atoms with Gasteiger partial charge in [0.15, 0.2) is 0 Å². The monoisotopic (exact) mass is 489 g/mol. The molecule has 0 bridgehead atoms. The van der Waals surface area contributed by atoms with Gasteiger partial charge in [-0.3, -0.25) is 9.59 Å². The Morgan fingerprint density at radius 2 is 1.79 bits per heavy atom. The van der Waals surface area contributed by atoms with Crippen molar-refractivity contribution >= 4 is 21.8 Å². The van der Waals surface area contributed by atoms with Crippen molar-refractivity contribution in [3.63, 3.8) is 0 Å². The Morgan fingerprint density at radius 1 is 1.12 bits per heavy atom. The van der Waals surface area contributed by atoms with E-state index in [0.717, 1.165) is 17.7 Å². The molecule has 2 N–H and O–H groups in total. The number of rotatable bonds is 9. The number of halogens is 1. The summed E-state index contributed by atoms with van der Waals surface area (Å²) < 4.78 is 40.4. The molecule has 1 aliphatic heterocycles. The smallest absolute Gasteiger partial charge is 0.243 e. The Morgan fingerprint density at radius 3 is 2.44 bits per heavy atom. The number of piperidine rings is 1. The molecule has 7 nitrogen and oxygen atoms in total. The van der Waals surface area contributed by atoms with Gasteiger partial charge in [-0.1, -0.05) is 50.6 Å². The highest BCUT2D eigenvalue weighted by Crippen LogP contribution is 2.24. The molecule has 9 heteroatoms. The van der Waals surface area contributed by atoms with Crippen LogP contribution in [0.15, 0.2) is 59.5 Å². The maximum atomic E-state index is 13.2. The van der Waals surface area contributed by atoms with E-state index in [-0.39, 0.29) is 35.7 Å². The minimum Gasteiger partial charge on any atom is -0.350 e. The summed E-state index contributed by atoms with van der Waals surface area (Å²) in [5, 5.41) is 5.76. The summed E-state index contributed by atoms with van der Waals surface area (Å²) in [4.78, 5) is 26.0. The van der Waals surface area contributed by atoms with Gasteiger partial charge in [0.25, 0.3) is 0 Å². The molecule has 0 spiro atoms. The zero-order chi connectivity index (χ0) is 24.7. The Balaban J connectivity index is 1.66. The third kappa shape index (κ3) is 6.42. The average Bonchev–Trinajstić information content (AvgIpc) is 2.86. The Labute approximate surface area is 200 Å². The molecule has 3 atom stereocenters. The predicted molar refractivity (Wildman–Crippen MR) is 128 cm³/mol. The van der Waals surface area contributed by atoms with E-state index < -0.39 is 27.8 Å². The molecule has 0 saturated carbocycles. The molecule has 1 fully saturated rings. The third-order valence-corrected chi connectivity index (χ3v) is 8.19. The molecule has 2 aromatic carbocycles. The lowest BCUT2D eigenvalue weighted by atomic mass is 9.94. The van der Waals surface area contributed by atoms with Crippen LogP contribution >= 0.6 is 0 Å². The van der Waals surface area contributed by atoms with Crippen molar-refractivity contribution < 1.29 is 22.4 Å². The van der Waals surface area contributed by atoms with Gasteiger partial charge in [-0.2, -0.15) is 4.31 Å². The molecule has 184 valence electrons. The van der Waals surface area contributed by atoms with Crippen LogP contribution in [0.3, 0.4) is 0 Å². The van der Waals surface area contributed by atoms with E-state index in [1.54, 1.807) is 0 Å². The fraction of sp³-hybridized carbons (Fsp3) is 0.440. The van der Waals surface area contributed by atoms with E-state index in [1.165, 1.54) is 16.4 Å². The quantitative estimate of drug-likeness (QED) is 0.566. The second-order valence-corrected chi connectivity index (χ2v) is 10.7. The first-order valence-corrected chi connectivity index (χ1v) is 13.0. The highest BCUT2D eigenvalue weighted by Gasteiger charge is 2.35. The van der Waals surface area contributed by atoms with Gasteiger partial charge in [0.05, 0.1) is 10.8 Å². The van der Waals surface area contributed by atoms with Crippen LogP contribution in [0.2, 0.25) is 0 Å². The lowest BCUT2D eigenvalue weighted by Gasteiger charge is -2.32. The number of carbonyl (C=O) groups is 2. The molecule has 2 aromatic rings. The second-order valence-electron chi connectivity index (χ2n) is 8.73. The zero-order valence-corrected chi connectivity index (χ0v) is 20.4. The molecular formula is C25H32FN3O4S. The van der Waals surface area contributed by atoms with Crippen LogP contribution < -0.4 is 10.6 Å². The van der Waals surface area contributed by atoms with E-state index in [4.69, 9.17) is 0 Å². The zero-order valence-electron chi connectivity index (χ0n) is 19.5. The molecule has 2 unspecified atom stereocenters. The predicted octanol–water partition coefficient (Wildman–Crippen LogP) is 3.07. The van der Waals surface area contributed by atoms with E-state index >= 15 is 0 Å². The second kappa shape index (κ2) is 11.6. The van der Waals surface area contributed by atoms with Crippen LogP contribution in [-0.2, 0) is 26.2 Å². The number of carbonyl (C=O) groups excluding carboxylic acids is 2. The van der Waals surface area contributed by atoms with E-state index in [0.29, 0.717) is 25.8 Å². The van der Waals surface area contributed by atoms with Crippen LogP contribution in [0, 0.1) is 17.7 Å². The van der Waals surface area contributed by atoms with Crippen molar-refractivity contribution in [1.29, 1.82) is 0 Å². The molecule has 3 rings (SSSR count). The van der Waals surface area contributed by atoms with Gasteiger partial charge >= 0.3 is 0 Å². The van der Waals surface area contributed by atoms with Crippen molar-refractivity contribution in [2.45, 2.75) is 50.6 Å². The summed E-state index contributed by atoms with van der Waals surface area (Å²) in [7, 11) is -3.84. The van der Waals surface area contributed by atoms with Gasteiger partial charge in [-0.15, -0.1) is 0 Å². The summed E-state index contributed by atoms with van der Waals surface area (Å²) in [6, 6.07) is 13.5. The topological polar surface area (TPSA) is 95.6 Å². The third-order valence-electron chi connectivity index (χ3n) is 6.31. The number of nitrogens with zero attached hydrogens (tertiary/aromatic N) is 1. The molecule has 2 amide bonds. The molecule has 34 heavy (non-hydrogen) atoms. The van der Waals surface area contributed by atoms with Gasteiger partial charge < -0.3 is 10.6 Å². The molecular weight excluding hydrogens is 457 g/mol. The van der Waals surface area contributed by atoms with Crippen molar-refractivity contribution in [2.75, 3.05) is 13.1 Å². The number of sulfonamides is 1. The molecule has 1 aliphatic rings. The lowest BCUT2D eigenvalue weighted by Crippen LogP contribution is -2.53. The highest BCUT2D eigenvalue weighted by molar-refractivity contribution is 7.89. The molecule has 1 heterocycles. The molecule has 0 aliphatic carbocycles. The number of hydrogen-bond donors (Lipinski definition) is 2. The van der Waals surface area contributed by atoms with Crippen LogP contribution in [0.4, 0.5) is 4.39 Å². The van der Waals surface area contributed by atoms with Crippen molar-refractivity contribution in [3.05, 3.63) is 66.0 Å². The lowest BCUT2D eigenvalue weighted by molar-refractivity contribution is -0.133. The maximum Gasteiger partial charge on any atom is 0.243 e. The number of hydrogen-bond acceptors (Lipinski definition) is 4. The molecule has 0 radical (unpaired) electrons. The van der Waals surface area contributed by atoms with Gasteiger partial charge in [0.1, 0.15) is 11.9 Å². The summed E-state index contributed by atoms with van der Waals surface area (Å²) in [5.74, 6) is -1.78. The standard InChI is InChI=1S/C25H32FN3O4S/c1-3-18(2)23(25(31)27-16-19-8-5-4-6-9-19)28-24(30)20-10-7-15-29(17-20)34(32,33)22-13-11-21(26)12-14-22/h4-6,8-9,11-14,18,20,23H,3,7,10,15-17H2,1-2H3,(H,27,31)(H,28,30)/t18?,20?,23-/m1/s1. The van der Waals surface area contributed by atoms with Crippen molar-refractivity contribution in [1.82, 2.24) is 14.9 Å². The summed E-state index contributed by atoms with van der Waals surface area (Å²) in [6.07, 6.45) is 1.74. The van der Waals surface area contributed by atoms with Gasteiger partial charge in [-0.25, -0.2) is 12.8 Å². The SMILES string of the molecule is CCC(C)[C@@H](NC(=O)C1CCCN(S(=O)(=O)c2ccc(F)cc2)C1)C(=O)NCc1ccccc1. The van der Waals surface area contributed by atoms with Crippen LogP contribution in [0.1, 0.15) is 38.7 Å². The summed E-state index contributed by atoms with van der Waals surface area (Å²) in [6.45, 7) is 4.51. The normalized spacial score (nSPS) is 18.6. The van der Waals surface area contributed by atoms with Crippen LogP contribution in [0.5, 0.6) is 0 Å². The first kappa shape index (κ1) is 25.8. The first-order valence-electron chi connectivity index (χ1n) is 11.6. The first-order chi connectivity index (χ1) is 16.2. The number of benzene rings is 2. The Kier molecular flexibility index (Phi) is 8.79. The van der Waals surface area contributed by atoms with E-state index in [2.05, 4.69) is 10.6 Å². The minimum atomic E-state index is -3.84. The van der Waals surface area contributed by atoms with Crippen LogP contribution in [0.25, 0.3) is 0 Å². The largest absolute Gasteiger partial charge is 0.350 e. The summed E-state index contributed by atoms with van der Waals surface area (Å²) in [5.41, 5.74) is 0.957. The van der Waals surface area contributed by atoms with Crippen molar-refractivity contribution in [3.8, 4) is 0 Å².